The summed E-state index contributed by atoms with van der Waals surface area (Å²) in [6.07, 6.45) is 3.83. The Morgan fingerprint density at radius 3 is 2.75 bits per heavy atom. The molecule has 0 aliphatic heterocycles. The minimum atomic E-state index is -3.02. The number of ether oxygens (including phenoxy) is 1. The van der Waals surface area contributed by atoms with Gasteiger partial charge in [0.15, 0.2) is 9.84 Å². The maximum absolute atomic E-state index is 11.8. The summed E-state index contributed by atoms with van der Waals surface area (Å²) in [7, 11) is -3.02. The molecule has 2 atom stereocenters. The summed E-state index contributed by atoms with van der Waals surface area (Å²) < 4.78 is 28.9. The summed E-state index contributed by atoms with van der Waals surface area (Å²) in [5.74, 6) is 0.644. The topological polar surface area (TPSA) is 55.4 Å². The molecule has 0 bridgehead atoms. The Labute approximate surface area is 125 Å². The lowest BCUT2D eigenvalue weighted by Gasteiger charge is -2.21. The van der Waals surface area contributed by atoms with Gasteiger partial charge in [0.1, 0.15) is 5.75 Å². The van der Waals surface area contributed by atoms with Crippen LogP contribution in [0.4, 0.5) is 5.69 Å². The molecule has 0 heterocycles. The summed E-state index contributed by atoms with van der Waals surface area (Å²) in [5, 5.41) is 3.51. The van der Waals surface area contributed by atoms with Crippen LogP contribution in [0.25, 0.3) is 0 Å². The fourth-order valence-corrected chi connectivity index (χ4v) is 4.31. The Hall–Kier alpha value is -0.940. The van der Waals surface area contributed by atoms with Crippen molar-refractivity contribution in [1.82, 2.24) is 0 Å². The Bertz CT molecular complexity index is 574. The molecule has 1 aliphatic rings. The molecule has 1 aromatic rings. The van der Waals surface area contributed by atoms with Crippen molar-refractivity contribution in [2.45, 2.75) is 37.5 Å². The third kappa shape index (κ3) is 3.58. The predicted molar refractivity (Wildman–Crippen MR) is 82.5 cm³/mol. The molecule has 1 saturated carbocycles. The van der Waals surface area contributed by atoms with Crippen LogP contribution in [0.2, 0.25) is 5.02 Å². The third-order valence-electron chi connectivity index (χ3n) is 3.59. The van der Waals surface area contributed by atoms with Gasteiger partial charge in [0.2, 0.25) is 0 Å². The van der Waals surface area contributed by atoms with Gasteiger partial charge >= 0.3 is 0 Å². The van der Waals surface area contributed by atoms with E-state index in [1.807, 2.05) is 13.0 Å². The van der Waals surface area contributed by atoms with Gasteiger partial charge in [-0.05, 0) is 44.4 Å². The second kappa shape index (κ2) is 6.22. The molecule has 2 rings (SSSR count). The standard InChI is InChI=1S/C14H20ClNO3S/c1-3-19-13-8-7-10(9-11(13)15)16-12-5-4-6-14(12)20(2,17)18/h7-9,12,14,16H,3-6H2,1-2H3. The van der Waals surface area contributed by atoms with Gasteiger partial charge in [-0.3, -0.25) is 0 Å². The van der Waals surface area contributed by atoms with E-state index in [2.05, 4.69) is 5.32 Å². The number of halogens is 1. The van der Waals surface area contributed by atoms with Gasteiger partial charge < -0.3 is 10.1 Å². The molecule has 1 fully saturated rings. The molecule has 2 unspecified atom stereocenters. The average molecular weight is 318 g/mol. The number of anilines is 1. The van der Waals surface area contributed by atoms with Crippen LogP contribution < -0.4 is 10.1 Å². The molecule has 4 nitrogen and oxygen atoms in total. The van der Waals surface area contributed by atoms with Crippen LogP contribution in [0.3, 0.4) is 0 Å². The zero-order valence-corrected chi connectivity index (χ0v) is 13.3. The molecular weight excluding hydrogens is 298 g/mol. The highest BCUT2D eigenvalue weighted by Gasteiger charge is 2.34. The first kappa shape index (κ1) is 15.4. The number of hydrogen-bond acceptors (Lipinski definition) is 4. The molecule has 1 aliphatic carbocycles. The lowest BCUT2D eigenvalue weighted by Crippen LogP contribution is -2.34. The van der Waals surface area contributed by atoms with Crippen molar-refractivity contribution in [3.63, 3.8) is 0 Å². The second-order valence-electron chi connectivity index (χ2n) is 5.13. The van der Waals surface area contributed by atoms with Gasteiger partial charge in [0.25, 0.3) is 0 Å². The first-order valence-corrected chi connectivity index (χ1v) is 9.13. The number of sulfone groups is 1. The molecule has 0 spiro atoms. The number of rotatable bonds is 5. The van der Waals surface area contributed by atoms with Crippen molar-refractivity contribution in [1.29, 1.82) is 0 Å². The van der Waals surface area contributed by atoms with Crippen molar-refractivity contribution in [2.24, 2.45) is 0 Å². The smallest absolute Gasteiger partial charge is 0.152 e. The summed E-state index contributed by atoms with van der Waals surface area (Å²) in [6, 6.07) is 5.41. The number of nitrogens with one attached hydrogen (secondary N) is 1. The summed E-state index contributed by atoms with van der Waals surface area (Å²) in [5.41, 5.74) is 0.832. The minimum absolute atomic E-state index is 0.0426. The molecule has 0 aromatic heterocycles. The fourth-order valence-electron chi connectivity index (χ4n) is 2.68. The van der Waals surface area contributed by atoms with E-state index < -0.39 is 9.84 Å². The Balaban J connectivity index is 2.12. The van der Waals surface area contributed by atoms with Crippen LogP contribution >= 0.6 is 11.6 Å². The van der Waals surface area contributed by atoms with Gasteiger partial charge in [-0.25, -0.2) is 8.42 Å². The quantitative estimate of drug-likeness (QED) is 0.906. The Morgan fingerprint density at radius 2 is 2.15 bits per heavy atom. The van der Waals surface area contributed by atoms with Crippen LogP contribution in [0.15, 0.2) is 18.2 Å². The lowest BCUT2D eigenvalue weighted by molar-refractivity contribution is 0.340. The van der Waals surface area contributed by atoms with Crippen LogP contribution in [0.5, 0.6) is 5.75 Å². The third-order valence-corrected chi connectivity index (χ3v) is 5.55. The second-order valence-corrected chi connectivity index (χ2v) is 7.80. The molecule has 0 amide bonds. The van der Waals surface area contributed by atoms with Crippen molar-refractivity contribution in [3.8, 4) is 5.75 Å². The Morgan fingerprint density at radius 1 is 1.40 bits per heavy atom. The zero-order valence-electron chi connectivity index (χ0n) is 11.7. The molecule has 112 valence electrons. The van der Waals surface area contributed by atoms with E-state index in [1.54, 1.807) is 12.1 Å². The normalized spacial score (nSPS) is 22.8. The van der Waals surface area contributed by atoms with Crippen LogP contribution in [0, 0.1) is 0 Å². The van der Waals surface area contributed by atoms with Crippen LogP contribution in [-0.4, -0.2) is 32.6 Å². The van der Waals surface area contributed by atoms with Gasteiger partial charge in [-0.2, -0.15) is 0 Å². The summed E-state index contributed by atoms with van der Waals surface area (Å²) in [6.45, 7) is 2.46. The fraction of sp³-hybridized carbons (Fsp3) is 0.571. The van der Waals surface area contributed by atoms with Crippen molar-refractivity contribution < 1.29 is 13.2 Å². The van der Waals surface area contributed by atoms with E-state index in [-0.39, 0.29) is 11.3 Å². The van der Waals surface area contributed by atoms with Crippen LogP contribution in [0.1, 0.15) is 26.2 Å². The first-order chi connectivity index (χ1) is 9.41. The number of benzene rings is 1. The zero-order chi connectivity index (χ0) is 14.8. The molecule has 20 heavy (non-hydrogen) atoms. The predicted octanol–water partition coefficient (Wildman–Crippen LogP) is 3.12. The maximum Gasteiger partial charge on any atom is 0.152 e. The molecule has 1 aromatic carbocycles. The molecular formula is C14H20ClNO3S. The molecule has 0 radical (unpaired) electrons. The van der Waals surface area contributed by atoms with Crippen molar-refractivity contribution in [2.75, 3.05) is 18.2 Å². The number of hydrogen-bond donors (Lipinski definition) is 1. The molecule has 0 saturated heterocycles. The van der Waals surface area contributed by atoms with Crippen molar-refractivity contribution >= 4 is 27.1 Å². The van der Waals surface area contributed by atoms with Crippen LogP contribution in [-0.2, 0) is 9.84 Å². The van der Waals surface area contributed by atoms with E-state index in [1.165, 1.54) is 6.26 Å². The van der Waals surface area contributed by atoms with Gasteiger partial charge in [0, 0.05) is 18.0 Å². The van der Waals surface area contributed by atoms with E-state index >= 15 is 0 Å². The van der Waals surface area contributed by atoms with E-state index in [9.17, 15) is 8.42 Å². The Kier molecular flexibility index (Phi) is 4.81. The molecule has 6 heteroatoms. The highest BCUT2D eigenvalue weighted by molar-refractivity contribution is 7.91. The van der Waals surface area contributed by atoms with E-state index in [0.717, 1.165) is 24.9 Å². The molecule has 1 N–H and O–H groups in total. The van der Waals surface area contributed by atoms with E-state index in [4.69, 9.17) is 16.3 Å². The minimum Gasteiger partial charge on any atom is -0.492 e. The highest BCUT2D eigenvalue weighted by Crippen LogP contribution is 2.31. The maximum atomic E-state index is 11.8. The van der Waals surface area contributed by atoms with Gasteiger partial charge in [-0.15, -0.1) is 0 Å². The summed E-state index contributed by atoms with van der Waals surface area (Å²) >= 11 is 6.14. The summed E-state index contributed by atoms with van der Waals surface area (Å²) in [4.78, 5) is 0. The monoisotopic (exact) mass is 317 g/mol. The highest BCUT2D eigenvalue weighted by atomic mass is 35.5. The van der Waals surface area contributed by atoms with E-state index in [0.29, 0.717) is 17.4 Å². The van der Waals surface area contributed by atoms with Crippen molar-refractivity contribution in [3.05, 3.63) is 23.2 Å². The lowest BCUT2D eigenvalue weighted by atomic mass is 10.2. The average Bonchev–Trinajstić information content (AvgIpc) is 2.81. The van der Waals surface area contributed by atoms with Gasteiger partial charge in [0.05, 0.1) is 16.9 Å². The van der Waals surface area contributed by atoms with Gasteiger partial charge in [-0.1, -0.05) is 11.6 Å². The SMILES string of the molecule is CCOc1ccc(NC2CCCC2S(C)(=O)=O)cc1Cl. The largest absolute Gasteiger partial charge is 0.492 e. The first-order valence-electron chi connectivity index (χ1n) is 6.79.